The number of nitrogens with zero attached hydrogens (tertiary/aromatic N) is 3. The van der Waals surface area contributed by atoms with Crippen LogP contribution in [0.1, 0.15) is 23.9 Å². The first kappa shape index (κ1) is 20.6. The third-order valence-electron chi connectivity index (χ3n) is 4.62. The van der Waals surface area contributed by atoms with Crippen molar-refractivity contribution in [2.75, 3.05) is 20.7 Å². The molecule has 1 aromatic heterocycles. The fraction of sp³-hybridized carbons (Fsp3) is 0.304. The van der Waals surface area contributed by atoms with Crippen molar-refractivity contribution in [1.82, 2.24) is 20.2 Å². The number of aromatic amines is 1. The van der Waals surface area contributed by atoms with E-state index in [1.807, 2.05) is 38.4 Å². The minimum absolute atomic E-state index is 0.639. The van der Waals surface area contributed by atoms with Gasteiger partial charge in [0.1, 0.15) is 5.82 Å². The van der Waals surface area contributed by atoms with Gasteiger partial charge in [-0.15, -0.1) is 0 Å². The van der Waals surface area contributed by atoms with Crippen molar-refractivity contribution in [1.29, 1.82) is 0 Å². The monoisotopic (exact) mass is 391 g/mol. The zero-order valence-corrected chi connectivity index (χ0v) is 17.4. The maximum atomic E-state index is 5.44. The lowest BCUT2D eigenvalue weighted by Gasteiger charge is -2.21. The average molecular weight is 392 g/mol. The molecule has 0 radical (unpaired) electrons. The Balaban J connectivity index is 1.54. The molecule has 3 aromatic rings. The highest BCUT2D eigenvalue weighted by Crippen LogP contribution is 2.16. The molecule has 0 amide bonds. The first-order valence-corrected chi connectivity index (χ1v) is 9.86. The van der Waals surface area contributed by atoms with E-state index in [9.17, 15) is 0 Å². The summed E-state index contributed by atoms with van der Waals surface area (Å²) in [5.41, 5.74) is 4.53. The lowest BCUT2D eigenvalue weighted by molar-refractivity contribution is 0.134. The number of hydrogen-bond donors (Lipinski definition) is 2. The van der Waals surface area contributed by atoms with Crippen molar-refractivity contribution in [3.8, 4) is 11.3 Å². The van der Waals surface area contributed by atoms with Gasteiger partial charge in [0, 0.05) is 27.2 Å². The molecule has 0 spiro atoms. The molecule has 0 saturated heterocycles. The zero-order chi connectivity index (χ0) is 20.5. The maximum absolute atomic E-state index is 5.44. The molecule has 6 nitrogen and oxygen atoms in total. The minimum atomic E-state index is 0.639. The van der Waals surface area contributed by atoms with Gasteiger partial charge < -0.3 is 19.9 Å². The second-order valence-corrected chi connectivity index (χ2v) is 6.82. The van der Waals surface area contributed by atoms with Crippen LogP contribution in [-0.4, -0.2) is 41.5 Å². The van der Waals surface area contributed by atoms with Crippen LogP contribution >= 0.6 is 0 Å². The van der Waals surface area contributed by atoms with Gasteiger partial charge in [0.15, 0.2) is 5.96 Å². The van der Waals surface area contributed by atoms with E-state index in [1.165, 1.54) is 11.1 Å². The summed E-state index contributed by atoms with van der Waals surface area (Å²) in [7, 11) is 3.80. The quantitative estimate of drug-likeness (QED) is 0.453. The predicted octanol–water partition coefficient (Wildman–Crippen LogP) is 3.82. The van der Waals surface area contributed by atoms with Crippen molar-refractivity contribution in [2.24, 2.45) is 4.99 Å². The molecule has 29 heavy (non-hydrogen) atoms. The summed E-state index contributed by atoms with van der Waals surface area (Å²) >= 11 is 0. The van der Waals surface area contributed by atoms with Gasteiger partial charge in [-0.3, -0.25) is 4.99 Å². The normalized spacial score (nSPS) is 11.5. The van der Waals surface area contributed by atoms with Crippen LogP contribution in [0.3, 0.4) is 0 Å². The summed E-state index contributed by atoms with van der Waals surface area (Å²) in [5, 5.41) is 3.41. The topological polar surface area (TPSA) is 65.5 Å². The highest BCUT2D eigenvalue weighted by atomic mass is 16.5. The SMILES string of the molecule is CCOCc1ccc(CNC(=NC)N(C)Cc2ncc(-c3ccccc3)[nH]2)cc1. The maximum Gasteiger partial charge on any atom is 0.194 e. The van der Waals surface area contributed by atoms with Crippen molar-refractivity contribution < 1.29 is 4.74 Å². The van der Waals surface area contributed by atoms with Crippen LogP contribution in [0.15, 0.2) is 65.8 Å². The third kappa shape index (κ3) is 5.93. The van der Waals surface area contributed by atoms with Gasteiger partial charge in [-0.1, -0.05) is 54.6 Å². The summed E-state index contributed by atoms with van der Waals surface area (Å²) in [4.78, 5) is 14.3. The lowest BCUT2D eigenvalue weighted by atomic mass is 10.1. The first-order valence-electron chi connectivity index (χ1n) is 9.86. The number of hydrogen-bond acceptors (Lipinski definition) is 3. The standard InChI is InChI=1S/C23H29N5O/c1-4-29-17-19-12-10-18(11-13-19)14-26-23(24-2)28(3)16-22-25-15-21(27-22)20-8-6-5-7-9-20/h5-13,15H,4,14,16-17H2,1-3H3,(H,24,26)(H,25,27). The average Bonchev–Trinajstić information content (AvgIpc) is 3.22. The van der Waals surface area contributed by atoms with E-state index in [-0.39, 0.29) is 0 Å². The third-order valence-corrected chi connectivity index (χ3v) is 4.62. The first-order chi connectivity index (χ1) is 14.2. The Morgan fingerprint density at radius 1 is 1.10 bits per heavy atom. The molecule has 0 bridgehead atoms. The molecule has 1 heterocycles. The number of guanidine groups is 1. The molecule has 6 heteroatoms. The van der Waals surface area contributed by atoms with Gasteiger partial charge >= 0.3 is 0 Å². The number of H-pyrrole nitrogens is 1. The van der Waals surface area contributed by atoms with Crippen molar-refractivity contribution >= 4 is 5.96 Å². The van der Waals surface area contributed by atoms with Crippen LogP contribution in [0.25, 0.3) is 11.3 Å². The summed E-state index contributed by atoms with van der Waals surface area (Å²) in [5.74, 6) is 1.72. The van der Waals surface area contributed by atoms with Crippen LogP contribution in [0.2, 0.25) is 0 Å². The van der Waals surface area contributed by atoms with Crippen LogP contribution in [0.4, 0.5) is 0 Å². The Hall–Kier alpha value is -3.12. The summed E-state index contributed by atoms with van der Waals surface area (Å²) in [6.07, 6.45) is 1.87. The Kier molecular flexibility index (Phi) is 7.41. The predicted molar refractivity (Wildman–Crippen MR) is 117 cm³/mol. The number of aromatic nitrogens is 2. The Labute approximate surface area is 172 Å². The van der Waals surface area contributed by atoms with Crippen LogP contribution in [-0.2, 0) is 24.4 Å². The molecule has 152 valence electrons. The van der Waals surface area contributed by atoms with Gasteiger partial charge in [0.2, 0.25) is 0 Å². The number of aliphatic imine (C=N–C) groups is 1. The van der Waals surface area contributed by atoms with Gasteiger partial charge in [-0.2, -0.15) is 0 Å². The van der Waals surface area contributed by atoms with Crippen LogP contribution in [0.5, 0.6) is 0 Å². The van der Waals surface area contributed by atoms with Gasteiger partial charge in [0.25, 0.3) is 0 Å². The van der Waals surface area contributed by atoms with E-state index < -0.39 is 0 Å². The van der Waals surface area contributed by atoms with E-state index in [0.29, 0.717) is 19.7 Å². The van der Waals surface area contributed by atoms with Crippen molar-refractivity contribution in [3.05, 3.63) is 77.7 Å². The summed E-state index contributed by atoms with van der Waals surface area (Å²) in [6, 6.07) is 18.6. The minimum Gasteiger partial charge on any atom is -0.377 e. The molecule has 0 fully saturated rings. The molecular weight excluding hydrogens is 362 g/mol. The zero-order valence-electron chi connectivity index (χ0n) is 17.4. The van der Waals surface area contributed by atoms with E-state index in [0.717, 1.165) is 29.6 Å². The van der Waals surface area contributed by atoms with E-state index in [4.69, 9.17) is 4.74 Å². The summed E-state index contributed by atoms with van der Waals surface area (Å²) in [6.45, 7) is 4.74. The second kappa shape index (κ2) is 10.4. The Morgan fingerprint density at radius 3 is 2.52 bits per heavy atom. The highest BCUT2D eigenvalue weighted by molar-refractivity contribution is 5.79. The highest BCUT2D eigenvalue weighted by Gasteiger charge is 2.10. The molecule has 0 aliphatic heterocycles. The van der Waals surface area contributed by atoms with E-state index >= 15 is 0 Å². The van der Waals surface area contributed by atoms with Gasteiger partial charge in [0.05, 0.1) is 25.0 Å². The number of nitrogens with one attached hydrogen (secondary N) is 2. The van der Waals surface area contributed by atoms with E-state index in [2.05, 4.69) is 61.6 Å². The van der Waals surface area contributed by atoms with Crippen molar-refractivity contribution in [2.45, 2.75) is 26.6 Å². The number of imidazole rings is 1. The summed E-state index contributed by atoms with van der Waals surface area (Å²) < 4.78 is 5.44. The van der Waals surface area contributed by atoms with Gasteiger partial charge in [-0.25, -0.2) is 4.98 Å². The van der Waals surface area contributed by atoms with Crippen molar-refractivity contribution in [3.63, 3.8) is 0 Å². The molecule has 0 atom stereocenters. The molecular formula is C23H29N5O. The largest absolute Gasteiger partial charge is 0.377 e. The lowest BCUT2D eigenvalue weighted by Crippen LogP contribution is -2.38. The molecule has 0 aliphatic rings. The van der Waals surface area contributed by atoms with E-state index in [1.54, 1.807) is 7.05 Å². The Bertz CT molecular complexity index is 903. The van der Waals surface area contributed by atoms with Gasteiger partial charge in [-0.05, 0) is 23.6 Å². The smallest absolute Gasteiger partial charge is 0.194 e. The molecule has 0 saturated carbocycles. The molecule has 2 aromatic carbocycles. The molecule has 3 rings (SSSR count). The number of benzene rings is 2. The second-order valence-electron chi connectivity index (χ2n) is 6.82. The Morgan fingerprint density at radius 2 is 1.83 bits per heavy atom. The fourth-order valence-electron chi connectivity index (χ4n) is 3.05. The number of ether oxygens (including phenoxy) is 1. The molecule has 0 aliphatic carbocycles. The fourth-order valence-corrected chi connectivity index (χ4v) is 3.05. The van der Waals surface area contributed by atoms with Crippen LogP contribution < -0.4 is 5.32 Å². The molecule has 0 unspecified atom stereocenters. The van der Waals surface area contributed by atoms with Crippen LogP contribution in [0, 0.1) is 0 Å². The molecule has 2 N–H and O–H groups in total. The number of rotatable bonds is 8.